The van der Waals surface area contributed by atoms with Crippen LogP contribution < -0.4 is 5.69 Å². The van der Waals surface area contributed by atoms with Crippen LogP contribution in [0.25, 0.3) is 10.9 Å². The van der Waals surface area contributed by atoms with E-state index in [2.05, 4.69) is 9.97 Å². The number of hydrogen-bond donors (Lipinski definition) is 3. The molecule has 0 aliphatic carbocycles. The Morgan fingerprint density at radius 3 is 2.96 bits per heavy atom. The Labute approximate surface area is 141 Å². The summed E-state index contributed by atoms with van der Waals surface area (Å²) in [4.78, 5) is 18.1. The predicted octanol–water partition coefficient (Wildman–Crippen LogP) is 1.66. The highest BCUT2D eigenvalue weighted by Crippen LogP contribution is 2.37. The number of nitrogens with one attached hydrogen (secondary N) is 1. The summed E-state index contributed by atoms with van der Waals surface area (Å²) in [5, 5.41) is 20.6. The Balaban J connectivity index is 2.28. The molecular weight excluding hydrogens is 344 g/mol. The molecule has 126 valence electrons. The molecule has 1 atom stereocenters. The number of aromatic nitrogens is 2. The number of hydrogen-bond acceptors (Lipinski definition) is 7. The van der Waals surface area contributed by atoms with Crippen LogP contribution in [0.1, 0.15) is 5.56 Å². The second kappa shape index (κ2) is 7.98. The number of halogens is 1. The lowest BCUT2D eigenvalue weighted by atomic mass is 10.1. The maximum absolute atomic E-state index is 11.5. The van der Waals surface area contributed by atoms with E-state index in [1.54, 1.807) is 13.0 Å². The van der Waals surface area contributed by atoms with E-state index in [0.29, 0.717) is 26.6 Å². The van der Waals surface area contributed by atoms with Crippen molar-refractivity contribution in [3.63, 3.8) is 0 Å². The van der Waals surface area contributed by atoms with Crippen molar-refractivity contribution >= 4 is 34.3 Å². The predicted molar refractivity (Wildman–Crippen MR) is 88.3 cm³/mol. The van der Waals surface area contributed by atoms with Crippen molar-refractivity contribution in [1.29, 1.82) is 0 Å². The van der Waals surface area contributed by atoms with Gasteiger partial charge in [-0.05, 0) is 18.6 Å². The van der Waals surface area contributed by atoms with E-state index in [9.17, 15) is 15.0 Å². The Morgan fingerprint density at radius 2 is 2.26 bits per heavy atom. The Bertz CT molecular complexity index is 752. The van der Waals surface area contributed by atoms with E-state index in [1.165, 1.54) is 18.9 Å². The molecule has 0 spiro atoms. The second-order valence-electron chi connectivity index (χ2n) is 4.87. The fourth-order valence-corrected chi connectivity index (χ4v) is 3.35. The van der Waals surface area contributed by atoms with Gasteiger partial charge >= 0.3 is 5.69 Å². The van der Waals surface area contributed by atoms with Gasteiger partial charge in [0, 0.05) is 12.9 Å². The molecule has 1 aromatic heterocycles. The van der Waals surface area contributed by atoms with Crippen molar-refractivity contribution in [3.8, 4) is 5.88 Å². The minimum atomic E-state index is -0.732. The highest BCUT2D eigenvalue weighted by molar-refractivity contribution is 7.99. The molecule has 0 saturated heterocycles. The minimum Gasteiger partial charge on any atom is -0.493 e. The summed E-state index contributed by atoms with van der Waals surface area (Å²) in [6.45, 7) is 2.00. The number of aliphatic hydroxyl groups is 1. The van der Waals surface area contributed by atoms with Gasteiger partial charge in [-0.15, -0.1) is 11.8 Å². The Kier molecular flexibility index (Phi) is 6.25. The van der Waals surface area contributed by atoms with Crippen molar-refractivity contribution in [1.82, 2.24) is 9.97 Å². The first kappa shape index (κ1) is 18.0. The zero-order valence-corrected chi connectivity index (χ0v) is 14.2. The molecule has 2 rings (SSSR count). The molecule has 23 heavy (non-hydrogen) atoms. The number of benzene rings is 1. The number of aromatic amines is 1. The van der Waals surface area contributed by atoms with Crippen LogP contribution >= 0.6 is 23.4 Å². The number of ether oxygens (including phenoxy) is 2. The Hall–Kier alpha value is -1.32. The summed E-state index contributed by atoms with van der Waals surface area (Å²) in [6, 6.07) is 1.65. The summed E-state index contributed by atoms with van der Waals surface area (Å²) in [7, 11) is 1.50. The van der Waals surface area contributed by atoms with Gasteiger partial charge in [0.2, 0.25) is 5.88 Å². The smallest absolute Gasteiger partial charge is 0.348 e. The molecule has 9 heteroatoms. The van der Waals surface area contributed by atoms with Crippen LogP contribution in [0.2, 0.25) is 5.02 Å². The summed E-state index contributed by atoms with van der Waals surface area (Å²) >= 11 is 7.57. The van der Waals surface area contributed by atoms with Crippen LogP contribution in [0, 0.1) is 6.92 Å². The molecule has 1 heterocycles. The minimum absolute atomic E-state index is 0.0999. The number of aryl methyl sites for hydroxylation is 1. The monoisotopic (exact) mass is 360 g/mol. The highest BCUT2D eigenvalue weighted by atomic mass is 35.5. The van der Waals surface area contributed by atoms with Gasteiger partial charge in [-0.2, -0.15) is 4.98 Å². The maximum atomic E-state index is 11.5. The number of thioether (sulfide) groups is 1. The maximum Gasteiger partial charge on any atom is 0.348 e. The molecule has 0 bridgehead atoms. The topological polar surface area (TPSA) is 105 Å². The molecule has 0 aliphatic heterocycles. The van der Waals surface area contributed by atoms with Gasteiger partial charge in [0.05, 0.1) is 33.5 Å². The van der Waals surface area contributed by atoms with Crippen LogP contribution in [0.15, 0.2) is 15.8 Å². The number of aliphatic hydroxyl groups excluding tert-OH is 1. The van der Waals surface area contributed by atoms with Crippen LogP contribution in [-0.4, -0.2) is 52.5 Å². The molecule has 0 amide bonds. The average molecular weight is 361 g/mol. The van der Waals surface area contributed by atoms with Gasteiger partial charge in [-0.1, -0.05) is 11.6 Å². The van der Waals surface area contributed by atoms with Gasteiger partial charge in [0.15, 0.2) is 0 Å². The van der Waals surface area contributed by atoms with E-state index >= 15 is 0 Å². The van der Waals surface area contributed by atoms with Crippen molar-refractivity contribution in [2.45, 2.75) is 17.9 Å². The van der Waals surface area contributed by atoms with Crippen LogP contribution in [0.4, 0.5) is 0 Å². The number of aromatic hydroxyl groups is 1. The average Bonchev–Trinajstić information content (AvgIpc) is 2.49. The number of methoxy groups -OCH3 is 1. The van der Waals surface area contributed by atoms with Gasteiger partial charge in [0.25, 0.3) is 0 Å². The highest BCUT2D eigenvalue weighted by Gasteiger charge is 2.16. The van der Waals surface area contributed by atoms with Crippen molar-refractivity contribution < 1.29 is 19.7 Å². The van der Waals surface area contributed by atoms with E-state index in [1.807, 2.05) is 0 Å². The third-order valence-corrected chi connectivity index (χ3v) is 4.86. The molecule has 7 nitrogen and oxygen atoms in total. The number of nitrogens with zero attached hydrogens (tertiary/aromatic N) is 1. The first-order valence-corrected chi connectivity index (χ1v) is 8.10. The van der Waals surface area contributed by atoms with E-state index in [-0.39, 0.29) is 19.3 Å². The molecule has 3 N–H and O–H groups in total. The van der Waals surface area contributed by atoms with E-state index in [4.69, 9.17) is 21.1 Å². The number of rotatable bonds is 7. The summed E-state index contributed by atoms with van der Waals surface area (Å²) < 4.78 is 9.82. The van der Waals surface area contributed by atoms with E-state index < -0.39 is 11.8 Å². The van der Waals surface area contributed by atoms with Crippen LogP contribution in [0.5, 0.6) is 5.88 Å². The Morgan fingerprint density at radius 1 is 1.52 bits per heavy atom. The van der Waals surface area contributed by atoms with Crippen LogP contribution in [-0.2, 0) is 9.47 Å². The first-order valence-electron chi connectivity index (χ1n) is 6.73. The molecule has 0 saturated carbocycles. The van der Waals surface area contributed by atoms with Gasteiger partial charge in [0.1, 0.15) is 6.79 Å². The molecule has 1 aromatic carbocycles. The van der Waals surface area contributed by atoms with Crippen molar-refractivity contribution in [2.75, 3.05) is 26.3 Å². The zero-order valence-electron chi connectivity index (χ0n) is 12.6. The van der Waals surface area contributed by atoms with Crippen molar-refractivity contribution in [2.24, 2.45) is 0 Å². The standard InChI is InChI=1S/C14H17ClN2O5S/c1-7-3-9-11(16-14(20)17-13(9)19)12(10(7)15)23-5-8(18)4-22-6-21-2/h3,8,18H,4-6H2,1-2H3,(H2,16,17,19,20)/t8-/m1/s1. The lowest BCUT2D eigenvalue weighted by Gasteiger charge is -2.14. The lowest BCUT2D eigenvalue weighted by molar-refractivity contribution is -0.0568. The fraction of sp³-hybridized carbons (Fsp3) is 0.429. The second-order valence-corrected chi connectivity index (χ2v) is 6.28. The van der Waals surface area contributed by atoms with Gasteiger partial charge in [-0.25, -0.2) is 4.79 Å². The summed E-state index contributed by atoms with van der Waals surface area (Å²) in [6.07, 6.45) is -0.732. The largest absolute Gasteiger partial charge is 0.493 e. The molecule has 0 fully saturated rings. The zero-order chi connectivity index (χ0) is 17.0. The molecular formula is C14H17ClN2O5S. The molecule has 2 aromatic rings. The third kappa shape index (κ3) is 4.36. The molecule has 0 aliphatic rings. The number of fused-ring (bicyclic) bond motifs is 1. The molecule has 0 unspecified atom stereocenters. The summed E-state index contributed by atoms with van der Waals surface area (Å²) in [5.74, 6) is -0.0537. The van der Waals surface area contributed by atoms with E-state index in [0.717, 1.165) is 5.56 Å². The summed E-state index contributed by atoms with van der Waals surface area (Å²) in [5.41, 5.74) is 0.463. The lowest BCUT2D eigenvalue weighted by Crippen LogP contribution is -2.19. The third-order valence-electron chi connectivity index (χ3n) is 3.01. The first-order chi connectivity index (χ1) is 10.9. The number of H-pyrrole nitrogens is 1. The van der Waals surface area contributed by atoms with Gasteiger partial charge < -0.3 is 24.7 Å². The van der Waals surface area contributed by atoms with Crippen LogP contribution in [0.3, 0.4) is 0 Å². The van der Waals surface area contributed by atoms with Gasteiger partial charge in [-0.3, -0.25) is 0 Å². The fourth-order valence-electron chi connectivity index (χ4n) is 1.99. The normalized spacial score (nSPS) is 12.7. The SMILES string of the molecule is COCOC[C@@H](O)CSc1c(Cl)c(C)cc2c(O)nc(=O)[nH]c12. The quantitative estimate of drug-likeness (QED) is 0.392. The van der Waals surface area contributed by atoms with Crippen molar-refractivity contribution in [3.05, 3.63) is 27.1 Å². The molecule has 0 radical (unpaired) electrons.